The van der Waals surface area contributed by atoms with E-state index in [1.807, 2.05) is 0 Å². The Balaban J connectivity index is 1.89. The van der Waals surface area contributed by atoms with Crippen LogP contribution >= 0.6 is 0 Å². The number of piperidine rings is 1. The Kier molecular flexibility index (Phi) is 4.44. The molecular weight excluding hydrogens is 233 g/mol. The molecule has 0 amide bonds. The van der Waals surface area contributed by atoms with Crippen molar-refractivity contribution in [1.29, 1.82) is 0 Å². The number of carbonyl (C=O) groups excluding carboxylic acids is 1. The molecule has 1 N–H and O–H groups in total. The minimum atomic E-state index is -0.375. The van der Waals surface area contributed by atoms with E-state index in [-0.39, 0.29) is 18.2 Å². The van der Waals surface area contributed by atoms with Crippen molar-refractivity contribution in [2.24, 2.45) is 5.92 Å². The third-order valence-electron chi connectivity index (χ3n) is 3.48. The number of aliphatic hydroxyl groups is 1. The van der Waals surface area contributed by atoms with Crippen LogP contribution in [0, 0.1) is 11.7 Å². The highest BCUT2D eigenvalue weighted by atomic mass is 19.1. The zero-order valence-corrected chi connectivity index (χ0v) is 10.3. The Labute approximate surface area is 106 Å². The molecule has 4 heteroatoms. The van der Waals surface area contributed by atoms with Gasteiger partial charge >= 0.3 is 0 Å². The van der Waals surface area contributed by atoms with Crippen molar-refractivity contribution in [3.05, 3.63) is 35.6 Å². The van der Waals surface area contributed by atoms with Gasteiger partial charge in [-0.2, -0.15) is 0 Å². The predicted octanol–water partition coefficient (Wildman–Crippen LogP) is 1.71. The molecule has 1 fully saturated rings. The average molecular weight is 251 g/mol. The van der Waals surface area contributed by atoms with E-state index >= 15 is 0 Å². The van der Waals surface area contributed by atoms with Crippen LogP contribution in [0.2, 0.25) is 0 Å². The Morgan fingerprint density at radius 2 is 2.11 bits per heavy atom. The van der Waals surface area contributed by atoms with Gasteiger partial charge in [0.05, 0.1) is 6.54 Å². The molecule has 1 saturated heterocycles. The van der Waals surface area contributed by atoms with Crippen molar-refractivity contribution in [2.45, 2.75) is 12.8 Å². The summed E-state index contributed by atoms with van der Waals surface area (Å²) in [6.45, 7) is 2.21. The number of hydrogen-bond acceptors (Lipinski definition) is 3. The number of Topliss-reactive ketones (excluding diaryl/α,β-unsaturated/α-hetero) is 1. The van der Waals surface area contributed by atoms with Crippen LogP contribution in [0.3, 0.4) is 0 Å². The summed E-state index contributed by atoms with van der Waals surface area (Å²) < 4.78 is 13.0. The average Bonchev–Trinajstić information content (AvgIpc) is 2.39. The summed E-state index contributed by atoms with van der Waals surface area (Å²) in [6.07, 6.45) is 1.85. The zero-order valence-electron chi connectivity index (χ0n) is 10.3. The van der Waals surface area contributed by atoms with E-state index in [9.17, 15) is 9.18 Å². The molecule has 3 nitrogen and oxygen atoms in total. The van der Waals surface area contributed by atoms with Crippen molar-refractivity contribution in [2.75, 3.05) is 26.2 Å². The molecule has 1 heterocycles. The van der Waals surface area contributed by atoms with E-state index < -0.39 is 0 Å². The van der Waals surface area contributed by atoms with Crippen LogP contribution in [0.1, 0.15) is 23.2 Å². The Morgan fingerprint density at radius 1 is 1.39 bits per heavy atom. The smallest absolute Gasteiger partial charge is 0.176 e. The summed E-state index contributed by atoms with van der Waals surface area (Å²) in [5.41, 5.74) is 0.430. The molecule has 0 aromatic heterocycles. The normalized spacial score (nSPS) is 17.9. The largest absolute Gasteiger partial charge is 0.396 e. The predicted molar refractivity (Wildman–Crippen MR) is 67.0 cm³/mol. The fraction of sp³-hybridized carbons (Fsp3) is 0.500. The molecule has 1 aliphatic rings. The maximum atomic E-state index is 13.0. The summed E-state index contributed by atoms with van der Waals surface area (Å²) in [6, 6.07) is 5.82. The Hall–Kier alpha value is -1.26. The maximum Gasteiger partial charge on any atom is 0.176 e. The molecule has 1 aromatic rings. The minimum Gasteiger partial charge on any atom is -0.396 e. The first kappa shape index (κ1) is 13.2. The maximum absolute atomic E-state index is 13.0. The lowest BCUT2D eigenvalue weighted by molar-refractivity contribution is 0.0863. The lowest BCUT2D eigenvalue weighted by Crippen LogP contribution is -2.38. The van der Waals surface area contributed by atoms with Gasteiger partial charge in [0.2, 0.25) is 0 Å². The molecule has 0 saturated carbocycles. The van der Waals surface area contributed by atoms with E-state index in [0.717, 1.165) is 25.9 Å². The van der Waals surface area contributed by atoms with Crippen LogP contribution < -0.4 is 0 Å². The van der Waals surface area contributed by atoms with Crippen LogP contribution in [0.5, 0.6) is 0 Å². The van der Waals surface area contributed by atoms with Crippen LogP contribution in [0.15, 0.2) is 24.3 Å². The van der Waals surface area contributed by atoms with E-state index in [1.165, 1.54) is 12.1 Å². The molecule has 1 aliphatic heterocycles. The van der Waals surface area contributed by atoms with Crippen molar-refractivity contribution < 1.29 is 14.3 Å². The zero-order chi connectivity index (χ0) is 13.0. The van der Waals surface area contributed by atoms with Crippen molar-refractivity contribution in [3.63, 3.8) is 0 Å². The fourth-order valence-electron chi connectivity index (χ4n) is 2.28. The highest BCUT2D eigenvalue weighted by Crippen LogP contribution is 2.16. The minimum absolute atomic E-state index is 0.0445. The summed E-state index contributed by atoms with van der Waals surface area (Å²) in [5, 5.41) is 9.04. The number of ketones is 1. The van der Waals surface area contributed by atoms with Gasteiger partial charge in [0.1, 0.15) is 5.82 Å². The highest BCUT2D eigenvalue weighted by Gasteiger charge is 2.20. The van der Waals surface area contributed by atoms with Gasteiger partial charge in [0.15, 0.2) is 5.78 Å². The first-order valence-electron chi connectivity index (χ1n) is 6.31. The second-order valence-corrected chi connectivity index (χ2v) is 4.84. The molecule has 18 heavy (non-hydrogen) atoms. The summed E-state index contributed by atoms with van der Waals surface area (Å²) in [7, 11) is 0. The fourth-order valence-corrected chi connectivity index (χ4v) is 2.28. The van der Waals surface area contributed by atoms with Gasteiger partial charge < -0.3 is 5.11 Å². The number of carbonyl (C=O) groups is 1. The Morgan fingerprint density at radius 3 is 2.72 bits per heavy atom. The third-order valence-corrected chi connectivity index (χ3v) is 3.48. The highest BCUT2D eigenvalue weighted by molar-refractivity contribution is 5.97. The number of rotatable bonds is 4. The topological polar surface area (TPSA) is 40.5 Å². The number of benzene rings is 1. The monoisotopic (exact) mass is 251 g/mol. The van der Waals surface area contributed by atoms with E-state index in [4.69, 9.17) is 5.11 Å². The van der Waals surface area contributed by atoms with Gasteiger partial charge in [-0.1, -0.05) is 12.1 Å². The van der Waals surface area contributed by atoms with Gasteiger partial charge in [0.25, 0.3) is 0 Å². The molecule has 0 atom stereocenters. The summed E-state index contributed by atoms with van der Waals surface area (Å²) >= 11 is 0. The molecule has 0 spiro atoms. The standard InChI is InChI=1S/C14H18FNO2/c15-13-3-1-2-12(8-13)14(18)9-16-6-4-11(10-17)5-7-16/h1-3,8,11,17H,4-7,9-10H2. The van der Waals surface area contributed by atoms with Crippen LogP contribution in [-0.4, -0.2) is 42.0 Å². The van der Waals surface area contributed by atoms with E-state index in [1.54, 1.807) is 12.1 Å². The second-order valence-electron chi connectivity index (χ2n) is 4.84. The quantitative estimate of drug-likeness (QED) is 0.828. The van der Waals surface area contributed by atoms with Gasteiger partial charge in [-0.05, 0) is 44.0 Å². The second kappa shape index (κ2) is 6.07. The van der Waals surface area contributed by atoms with Gasteiger partial charge in [-0.15, -0.1) is 0 Å². The molecule has 0 unspecified atom stereocenters. The van der Waals surface area contributed by atoms with Crippen molar-refractivity contribution in [3.8, 4) is 0 Å². The lowest BCUT2D eigenvalue weighted by atomic mass is 9.97. The Bertz CT molecular complexity index is 414. The lowest BCUT2D eigenvalue weighted by Gasteiger charge is -2.30. The SMILES string of the molecule is O=C(CN1CCC(CO)CC1)c1cccc(F)c1. The number of aliphatic hydroxyl groups excluding tert-OH is 1. The van der Waals surface area contributed by atoms with Gasteiger partial charge in [-0.3, -0.25) is 9.69 Å². The van der Waals surface area contributed by atoms with Gasteiger partial charge in [0, 0.05) is 12.2 Å². The molecule has 0 radical (unpaired) electrons. The molecule has 98 valence electrons. The molecule has 0 aliphatic carbocycles. The van der Waals surface area contributed by atoms with E-state index in [2.05, 4.69) is 4.90 Å². The molecule has 1 aromatic carbocycles. The van der Waals surface area contributed by atoms with Crippen LogP contribution in [0.4, 0.5) is 4.39 Å². The third kappa shape index (κ3) is 3.37. The number of hydrogen-bond donors (Lipinski definition) is 1. The molecular formula is C14H18FNO2. The van der Waals surface area contributed by atoms with Crippen LogP contribution in [0.25, 0.3) is 0 Å². The van der Waals surface area contributed by atoms with Crippen molar-refractivity contribution in [1.82, 2.24) is 4.90 Å². The van der Waals surface area contributed by atoms with Crippen molar-refractivity contribution >= 4 is 5.78 Å². The first-order chi connectivity index (χ1) is 8.69. The summed E-state index contributed by atoms with van der Waals surface area (Å²) in [5.74, 6) is -0.0534. The summed E-state index contributed by atoms with van der Waals surface area (Å²) in [4.78, 5) is 14.0. The first-order valence-corrected chi connectivity index (χ1v) is 6.31. The number of halogens is 1. The van der Waals surface area contributed by atoms with E-state index in [0.29, 0.717) is 18.0 Å². The number of nitrogens with zero attached hydrogens (tertiary/aromatic N) is 1. The molecule has 2 rings (SSSR count). The van der Waals surface area contributed by atoms with Crippen LogP contribution in [-0.2, 0) is 0 Å². The molecule has 0 bridgehead atoms. The number of likely N-dealkylation sites (tertiary alicyclic amines) is 1. The van der Waals surface area contributed by atoms with Gasteiger partial charge in [-0.25, -0.2) is 4.39 Å².